The van der Waals surface area contributed by atoms with E-state index < -0.39 is 28.8 Å². The third-order valence-electron chi connectivity index (χ3n) is 14.0. The minimum absolute atomic E-state index is 0.000402. The Kier molecular flexibility index (Phi) is 21.4. The van der Waals surface area contributed by atoms with E-state index in [1.165, 1.54) is 57.1 Å². The van der Waals surface area contributed by atoms with E-state index in [0.29, 0.717) is 55.4 Å². The predicted molar refractivity (Wildman–Crippen MR) is 270 cm³/mol. The molecule has 376 valence electrons. The number of aliphatic hydroxyl groups is 2. The van der Waals surface area contributed by atoms with Gasteiger partial charge in [0.1, 0.15) is 29.9 Å². The zero-order valence-corrected chi connectivity index (χ0v) is 41.1. The summed E-state index contributed by atoms with van der Waals surface area (Å²) >= 11 is 0. The van der Waals surface area contributed by atoms with Crippen LogP contribution >= 0.6 is 0 Å². The number of nitro benzene ring substituents is 1. The number of amides is 1. The van der Waals surface area contributed by atoms with E-state index in [1.807, 2.05) is 49.4 Å². The van der Waals surface area contributed by atoms with Crippen LogP contribution in [0, 0.1) is 27.9 Å². The third kappa shape index (κ3) is 14.2. The average molecular weight is 952 g/mol. The van der Waals surface area contributed by atoms with Crippen molar-refractivity contribution in [1.82, 2.24) is 4.90 Å². The molecule has 3 aliphatic rings. The second-order valence-corrected chi connectivity index (χ2v) is 18.9. The summed E-state index contributed by atoms with van der Waals surface area (Å²) in [6.45, 7) is 9.56. The SMILES string of the molecule is C=CCO[C@@]12Oc3ccc(Oc4cccc([N+](=O)[O-])c4)cc3[C@H]3[C@H](CCCCO)[C@@H](CCCCO)C=C(C(=NOCc4ccccc4)C[C@@H]1N(CCC)C(=O)OCCCCCCCCCCCC)[C@H]32. The van der Waals surface area contributed by atoms with Crippen molar-refractivity contribution in [2.75, 3.05) is 33.0 Å². The van der Waals surface area contributed by atoms with E-state index in [9.17, 15) is 25.1 Å². The highest BCUT2D eigenvalue weighted by atomic mass is 16.7. The van der Waals surface area contributed by atoms with Crippen LogP contribution in [0.4, 0.5) is 10.5 Å². The Morgan fingerprint density at radius 1 is 0.870 bits per heavy atom. The van der Waals surface area contributed by atoms with Crippen LogP contribution < -0.4 is 9.47 Å². The van der Waals surface area contributed by atoms with Gasteiger partial charge >= 0.3 is 6.09 Å². The van der Waals surface area contributed by atoms with Crippen molar-refractivity contribution in [1.29, 1.82) is 0 Å². The van der Waals surface area contributed by atoms with Gasteiger partial charge in [-0.15, -0.1) is 6.58 Å². The summed E-state index contributed by atoms with van der Waals surface area (Å²) in [6.07, 6.45) is 20.7. The second-order valence-electron chi connectivity index (χ2n) is 18.9. The van der Waals surface area contributed by atoms with Crippen molar-refractivity contribution in [2.45, 2.75) is 154 Å². The van der Waals surface area contributed by atoms with Gasteiger partial charge in [-0.25, -0.2) is 4.79 Å². The number of nitro groups is 1. The van der Waals surface area contributed by atoms with Crippen LogP contribution in [-0.2, 0) is 20.9 Å². The number of nitrogens with zero attached hydrogens (tertiary/aromatic N) is 3. The molecular formula is C56H77N3O10. The molecule has 0 saturated heterocycles. The van der Waals surface area contributed by atoms with Crippen molar-refractivity contribution in [3.8, 4) is 17.2 Å². The smallest absolute Gasteiger partial charge is 0.410 e. The van der Waals surface area contributed by atoms with Gasteiger partial charge in [0.05, 0.1) is 35.8 Å². The Morgan fingerprint density at radius 2 is 1.58 bits per heavy atom. The fourth-order valence-electron chi connectivity index (χ4n) is 10.7. The molecule has 6 rings (SSSR count). The maximum absolute atomic E-state index is 14.7. The number of hydrogen-bond donors (Lipinski definition) is 2. The predicted octanol–water partition coefficient (Wildman–Crippen LogP) is 13.0. The van der Waals surface area contributed by atoms with E-state index in [1.54, 1.807) is 29.2 Å². The van der Waals surface area contributed by atoms with Gasteiger partial charge in [-0.2, -0.15) is 0 Å². The highest BCUT2D eigenvalue weighted by Gasteiger charge is 2.65. The van der Waals surface area contributed by atoms with Gasteiger partial charge in [-0.3, -0.25) is 15.0 Å². The number of carbonyl (C=O) groups is 1. The van der Waals surface area contributed by atoms with Crippen LogP contribution in [0.15, 0.2) is 102 Å². The summed E-state index contributed by atoms with van der Waals surface area (Å²) in [6, 6.07) is 20.9. The number of non-ortho nitro benzene ring substituents is 1. The Labute approximate surface area is 410 Å². The molecule has 2 N–H and O–H groups in total. The molecule has 1 aliphatic heterocycles. The van der Waals surface area contributed by atoms with Crippen LogP contribution in [0.25, 0.3) is 0 Å². The van der Waals surface area contributed by atoms with E-state index in [-0.39, 0.29) is 56.3 Å². The molecule has 1 amide bonds. The molecule has 1 fully saturated rings. The summed E-state index contributed by atoms with van der Waals surface area (Å²) in [5.41, 5.74) is 3.38. The Morgan fingerprint density at radius 3 is 2.28 bits per heavy atom. The minimum Gasteiger partial charge on any atom is -0.459 e. The fraction of sp³-hybridized carbons (Fsp3) is 0.571. The first-order chi connectivity index (χ1) is 33.8. The number of unbranched alkanes of at least 4 members (excludes halogenated alkanes) is 11. The number of allylic oxidation sites excluding steroid dienone is 1. The summed E-state index contributed by atoms with van der Waals surface area (Å²) in [5.74, 6) is -0.815. The number of ether oxygens (including phenoxy) is 4. The van der Waals surface area contributed by atoms with Crippen molar-refractivity contribution in [3.63, 3.8) is 0 Å². The normalized spacial score (nSPS) is 21.9. The van der Waals surface area contributed by atoms with Crippen molar-refractivity contribution in [3.05, 3.63) is 118 Å². The molecular weight excluding hydrogens is 875 g/mol. The van der Waals surface area contributed by atoms with Gasteiger partial charge in [0.2, 0.25) is 5.79 Å². The number of oxime groups is 1. The molecule has 13 nitrogen and oxygen atoms in total. The zero-order chi connectivity index (χ0) is 48.9. The first-order valence-electron chi connectivity index (χ1n) is 25.9. The van der Waals surface area contributed by atoms with Gasteiger partial charge in [0.15, 0.2) is 0 Å². The molecule has 13 heteroatoms. The average Bonchev–Trinajstić information content (AvgIpc) is 3.36. The number of aliphatic hydroxyl groups excluding tert-OH is 2. The molecule has 3 aromatic carbocycles. The molecule has 69 heavy (non-hydrogen) atoms. The molecule has 2 aliphatic carbocycles. The number of rotatable bonds is 31. The van der Waals surface area contributed by atoms with Gasteiger partial charge in [-0.05, 0) is 85.8 Å². The van der Waals surface area contributed by atoms with Crippen LogP contribution in [0.5, 0.6) is 17.2 Å². The Balaban J connectivity index is 1.43. The topological polar surface area (TPSA) is 162 Å². The zero-order valence-electron chi connectivity index (χ0n) is 41.1. The number of fused-ring (bicyclic) bond motifs is 2. The van der Waals surface area contributed by atoms with Crippen LogP contribution in [-0.4, -0.2) is 76.6 Å². The number of hydrogen-bond acceptors (Lipinski definition) is 11. The molecule has 6 atom stereocenters. The van der Waals surface area contributed by atoms with E-state index in [0.717, 1.165) is 61.6 Å². The maximum Gasteiger partial charge on any atom is 0.410 e. The van der Waals surface area contributed by atoms with Crippen LogP contribution in [0.2, 0.25) is 0 Å². The van der Waals surface area contributed by atoms with Crippen molar-refractivity contribution >= 4 is 17.5 Å². The molecule has 1 heterocycles. The summed E-state index contributed by atoms with van der Waals surface area (Å²) in [5, 5.41) is 36.7. The summed E-state index contributed by atoms with van der Waals surface area (Å²) in [7, 11) is 0. The largest absolute Gasteiger partial charge is 0.459 e. The first-order valence-corrected chi connectivity index (χ1v) is 25.9. The number of benzene rings is 3. The first kappa shape index (κ1) is 53.1. The lowest BCUT2D eigenvalue weighted by atomic mass is 9.55. The van der Waals surface area contributed by atoms with Crippen LogP contribution in [0.3, 0.4) is 0 Å². The molecule has 0 aromatic heterocycles. The molecule has 0 bridgehead atoms. The van der Waals surface area contributed by atoms with Gasteiger partial charge in [0.25, 0.3) is 5.69 Å². The van der Waals surface area contributed by atoms with Crippen LogP contribution in [0.1, 0.15) is 146 Å². The van der Waals surface area contributed by atoms with Gasteiger partial charge < -0.3 is 34.0 Å². The molecule has 0 unspecified atom stereocenters. The quantitative estimate of drug-likeness (QED) is 0.0275. The molecule has 0 radical (unpaired) electrons. The molecule has 0 spiro atoms. The summed E-state index contributed by atoms with van der Waals surface area (Å²) < 4.78 is 27.0. The summed E-state index contributed by atoms with van der Waals surface area (Å²) in [4.78, 5) is 34.0. The maximum atomic E-state index is 14.7. The second kappa shape index (κ2) is 27.8. The lowest BCUT2D eigenvalue weighted by molar-refractivity contribution is -0.384. The molecule has 3 aromatic rings. The highest BCUT2D eigenvalue weighted by molar-refractivity contribution is 6.03. The molecule has 1 saturated carbocycles. The minimum atomic E-state index is -1.44. The van der Waals surface area contributed by atoms with E-state index >= 15 is 0 Å². The van der Waals surface area contributed by atoms with Gasteiger partial charge in [0, 0.05) is 43.7 Å². The Hall–Kier alpha value is -5.24. The lowest BCUT2D eigenvalue weighted by Gasteiger charge is -2.59. The fourth-order valence-corrected chi connectivity index (χ4v) is 10.7. The standard InChI is InChI=1S/C56H77N3O10/c1-4-7-8-9-10-11-12-13-14-22-36-65-55(62)58(32-5-2)52-40-50(57-67-41-42-24-16-15-17-25-42)48-37-43(26-18-20-33-60)47(29-19-21-34-61)53-49-39-46(68-45-28-23-27-44(38-45)59(63)64)30-31-51(49)69-56(52,54(48)53)66-35-6-3/h6,15-17,23-25,27-28,30-31,37-39,43,47,52-54,60-61H,3-5,7-14,18-22,26,29,32-36,40-41H2,1-2H3/t43-,47+,52-,53+,54+,56+/m0/s1. The lowest BCUT2D eigenvalue weighted by Crippen LogP contribution is -2.70. The van der Waals surface area contributed by atoms with E-state index in [2.05, 4.69) is 19.6 Å². The van der Waals surface area contributed by atoms with E-state index in [4.69, 9.17) is 28.9 Å². The Bertz CT molecular complexity index is 2130. The third-order valence-corrected chi connectivity index (χ3v) is 14.0. The van der Waals surface area contributed by atoms with Crippen molar-refractivity contribution < 1.29 is 43.7 Å². The number of carbonyl (C=O) groups excluding carboxylic acids is 1. The van der Waals surface area contributed by atoms with Gasteiger partial charge in [-0.1, -0.05) is 138 Å². The monoisotopic (exact) mass is 952 g/mol. The van der Waals surface area contributed by atoms with Crippen molar-refractivity contribution in [2.24, 2.45) is 22.9 Å². The highest BCUT2D eigenvalue weighted by Crippen LogP contribution is 2.62.